The lowest BCUT2D eigenvalue weighted by Gasteiger charge is -2.29. The summed E-state index contributed by atoms with van der Waals surface area (Å²) in [6.45, 7) is 2.69. The minimum absolute atomic E-state index is 0.0500. The second kappa shape index (κ2) is 9.23. The van der Waals surface area contributed by atoms with E-state index in [1.54, 1.807) is 11.8 Å². The van der Waals surface area contributed by atoms with Crippen LogP contribution in [0.3, 0.4) is 0 Å². The van der Waals surface area contributed by atoms with Gasteiger partial charge in [-0.05, 0) is 43.5 Å². The van der Waals surface area contributed by atoms with E-state index in [0.29, 0.717) is 19.0 Å². The fourth-order valence-electron chi connectivity index (χ4n) is 3.56. The van der Waals surface area contributed by atoms with Gasteiger partial charge in [0.1, 0.15) is 6.61 Å². The number of hydrogen-bond donors (Lipinski definition) is 2. The Morgan fingerprint density at radius 3 is 2.61 bits per heavy atom. The van der Waals surface area contributed by atoms with Gasteiger partial charge in [0, 0.05) is 18.8 Å². The highest BCUT2D eigenvalue weighted by molar-refractivity contribution is 6.10. The number of likely N-dealkylation sites (N-methyl/N-ethyl adjacent to an activating group) is 1. The van der Waals surface area contributed by atoms with Crippen LogP contribution in [0.1, 0.15) is 25.3 Å². The van der Waals surface area contributed by atoms with Gasteiger partial charge >= 0.3 is 6.18 Å². The van der Waals surface area contributed by atoms with Gasteiger partial charge in [-0.1, -0.05) is 6.92 Å². The van der Waals surface area contributed by atoms with Crippen molar-refractivity contribution < 1.29 is 32.3 Å². The summed E-state index contributed by atoms with van der Waals surface area (Å²) in [6, 6.07) is 1.82. The summed E-state index contributed by atoms with van der Waals surface area (Å²) in [6.07, 6.45) is -2.85. The lowest BCUT2D eigenvalue weighted by molar-refractivity contribution is -0.137. The Morgan fingerprint density at radius 1 is 1.35 bits per heavy atom. The minimum atomic E-state index is -4.80. The number of nitrogens with one attached hydrogen (secondary N) is 1. The van der Waals surface area contributed by atoms with Crippen molar-refractivity contribution in [2.75, 3.05) is 43.1 Å². The molecule has 0 radical (unpaired) electrons. The highest BCUT2D eigenvalue weighted by Gasteiger charge is 2.38. The molecule has 0 bridgehead atoms. The number of nitrogens with two attached hydrogens (primary N) is 1. The first-order valence-corrected chi connectivity index (χ1v) is 10.1. The van der Waals surface area contributed by atoms with Crippen LogP contribution in [-0.4, -0.2) is 61.5 Å². The van der Waals surface area contributed by atoms with Gasteiger partial charge in [-0.2, -0.15) is 13.2 Å². The van der Waals surface area contributed by atoms with Crippen LogP contribution in [0.15, 0.2) is 18.2 Å². The first-order valence-electron chi connectivity index (χ1n) is 10.1. The topological polar surface area (TPSA) is 105 Å². The zero-order valence-corrected chi connectivity index (χ0v) is 17.1. The largest absolute Gasteiger partial charge is 0.418 e. The maximum Gasteiger partial charge on any atom is 0.418 e. The van der Waals surface area contributed by atoms with E-state index < -0.39 is 41.2 Å². The second-order valence-corrected chi connectivity index (χ2v) is 7.65. The van der Waals surface area contributed by atoms with Gasteiger partial charge in [0.25, 0.3) is 11.8 Å². The van der Waals surface area contributed by atoms with Gasteiger partial charge < -0.3 is 20.7 Å². The number of alkyl halides is 3. The first kappa shape index (κ1) is 23.0. The number of primary amides is 1. The molecular formula is C20H25F3N4O4. The molecule has 3 N–H and O–H groups in total. The minimum Gasteiger partial charge on any atom is -0.370 e. The smallest absolute Gasteiger partial charge is 0.370 e. The number of anilines is 2. The van der Waals surface area contributed by atoms with Crippen LogP contribution in [0.2, 0.25) is 0 Å². The van der Waals surface area contributed by atoms with E-state index in [1.165, 1.54) is 11.0 Å². The van der Waals surface area contributed by atoms with Crippen LogP contribution in [0.5, 0.6) is 0 Å². The molecule has 1 aliphatic heterocycles. The number of nitrogens with zero attached hydrogens (tertiary/aromatic N) is 2. The molecule has 3 rings (SSSR count). The summed E-state index contributed by atoms with van der Waals surface area (Å²) in [5.74, 6) is -1.95. The molecule has 1 saturated carbocycles. The number of amides is 3. The normalized spacial score (nSPS) is 18.2. The molecule has 11 heteroatoms. The predicted octanol–water partition coefficient (Wildman–Crippen LogP) is 1.59. The molecule has 2 fully saturated rings. The number of ether oxygens (including phenoxy) is 1. The van der Waals surface area contributed by atoms with Crippen LogP contribution in [-0.2, 0) is 25.3 Å². The zero-order valence-electron chi connectivity index (χ0n) is 17.1. The van der Waals surface area contributed by atoms with Crippen molar-refractivity contribution in [1.82, 2.24) is 4.90 Å². The molecule has 2 aliphatic rings. The van der Waals surface area contributed by atoms with Crippen LogP contribution in [0.4, 0.5) is 24.5 Å². The molecule has 1 aromatic carbocycles. The quantitative estimate of drug-likeness (QED) is 0.595. The number of rotatable bonds is 8. The van der Waals surface area contributed by atoms with E-state index in [-0.39, 0.29) is 25.4 Å². The molecule has 1 aromatic rings. The summed E-state index contributed by atoms with van der Waals surface area (Å²) in [4.78, 5) is 39.5. The molecule has 8 nitrogen and oxygen atoms in total. The average molecular weight is 442 g/mol. The van der Waals surface area contributed by atoms with E-state index in [9.17, 15) is 27.6 Å². The monoisotopic (exact) mass is 442 g/mol. The van der Waals surface area contributed by atoms with Crippen molar-refractivity contribution in [3.63, 3.8) is 0 Å². The number of halogens is 3. The van der Waals surface area contributed by atoms with Crippen LogP contribution in [0.25, 0.3) is 0 Å². The van der Waals surface area contributed by atoms with Crippen LogP contribution >= 0.6 is 0 Å². The average Bonchev–Trinajstić information content (AvgIpc) is 3.51. The standard InChI is InChI=1S/C20H25F3N4O4/c1-2-26(10-12-3-4-12)17(18(24)29)19(30)25-15-6-5-13(9-14(15)20(21,22)23)27-7-8-31-11-16(27)28/h5-6,9,12,17H,2-4,7-8,10-11H2,1H3,(H2,24,29)(H,25,30)/t17-/m0/s1. The fourth-order valence-corrected chi connectivity index (χ4v) is 3.56. The number of benzene rings is 1. The molecule has 31 heavy (non-hydrogen) atoms. The van der Waals surface area contributed by atoms with Crippen molar-refractivity contribution in [3.8, 4) is 0 Å². The maximum atomic E-state index is 13.7. The van der Waals surface area contributed by atoms with Gasteiger partial charge in [-0.25, -0.2) is 0 Å². The van der Waals surface area contributed by atoms with E-state index >= 15 is 0 Å². The lowest BCUT2D eigenvalue weighted by Crippen LogP contribution is -2.52. The van der Waals surface area contributed by atoms with Crippen molar-refractivity contribution >= 4 is 29.1 Å². The molecular weight excluding hydrogens is 417 g/mol. The summed E-state index contributed by atoms with van der Waals surface area (Å²) < 4.78 is 46.2. The molecule has 0 spiro atoms. The van der Waals surface area contributed by atoms with Crippen molar-refractivity contribution in [2.24, 2.45) is 11.7 Å². The third kappa shape index (κ3) is 5.53. The van der Waals surface area contributed by atoms with Gasteiger partial charge in [-0.15, -0.1) is 0 Å². The second-order valence-electron chi connectivity index (χ2n) is 7.65. The molecule has 1 saturated heterocycles. The Hall–Kier alpha value is -2.66. The molecule has 3 amide bonds. The highest BCUT2D eigenvalue weighted by atomic mass is 19.4. The Morgan fingerprint density at radius 2 is 2.06 bits per heavy atom. The highest BCUT2D eigenvalue weighted by Crippen LogP contribution is 2.38. The number of morpholine rings is 1. The Balaban J connectivity index is 1.87. The van der Waals surface area contributed by atoms with Gasteiger partial charge in [0.05, 0.1) is 17.9 Å². The van der Waals surface area contributed by atoms with Gasteiger partial charge in [-0.3, -0.25) is 19.3 Å². The maximum absolute atomic E-state index is 13.7. The Bertz CT molecular complexity index is 857. The molecule has 0 aromatic heterocycles. The van der Waals surface area contributed by atoms with E-state index in [0.717, 1.165) is 25.0 Å². The van der Waals surface area contributed by atoms with Crippen molar-refractivity contribution in [3.05, 3.63) is 23.8 Å². The Labute approximate surface area is 177 Å². The molecule has 1 heterocycles. The number of carbonyl (C=O) groups is 3. The summed E-state index contributed by atoms with van der Waals surface area (Å²) in [7, 11) is 0. The number of hydrogen-bond acceptors (Lipinski definition) is 5. The molecule has 1 aliphatic carbocycles. The fraction of sp³-hybridized carbons (Fsp3) is 0.550. The SMILES string of the molecule is CCN(CC1CC1)[C@@H](C(N)=O)C(=O)Nc1ccc(N2CCOCC2=O)cc1C(F)(F)F. The Kier molecular flexibility index (Phi) is 6.85. The molecule has 1 atom stereocenters. The van der Waals surface area contributed by atoms with E-state index in [1.807, 2.05) is 0 Å². The van der Waals surface area contributed by atoms with Crippen molar-refractivity contribution in [2.45, 2.75) is 32.0 Å². The van der Waals surface area contributed by atoms with Gasteiger partial charge in [0.2, 0.25) is 5.91 Å². The van der Waals surface area contributed by atoms with Crippen LogP contribution < -0.4 is 16.0 Å². The number of carbonyl (C=O) groups excluding carboxylic acids is 3. The van der Waals surface area contributed by atoms with Crippen molar-refractivity contribution in [1.29, 1.82) is 0 Å². The van der Waals surface area contributed by atoms with E-state index in [2.05, 4.69) is 5.32 Å². The zero-order chi connectivity index (χ0) is 22.8. The van der Waals surface area contributed by atoms with E-state index in [4.69, 9.17) is 10.5 Å². The molecule has 0 unspecified atom stereocenters. The summed E-state index contributed by atoms with van der Waals surface area (Å²) in [5.41, 5.74) is 3.83. The molecule has 170 valence electrons. The third-order valence-corrected chi connectivity index (χ3v) is 5.34. The van der Waals surface area contributed by atoms with Gasteiger partial charge in [0.15, 0.2) is 6.04 Å². The lowest BCUT2D eigenvalue weighted by atomic mass is 10.1. The predicted molar refractivity (Wildman–Crippen MR) is 106 cm³/mol. The van der Waals surface area contributed by atoms with Crippen LogP contribution in [0, 0.1) is 5.92 Å². The summed E-state index contributed by atoms with van der Waals surface area (Å²) in [5, 5.41) is 2.22. The first-order chi connectivity index (χ1) is 14.6. The summed E-state index contributed by atoms with van der Waals surface area (Å²) >= 11 is 0. The third-order valence-electron chi connectivity index (χ3n) is 5.34.